The van der Waals surface area contributed by atoms with Crippen LogP contribution >= 0.6 is 0 Å². The van der Waals surface area contributed by atoms with Crippen LogP contribution in [-0.2, 0) is 4.79 Å². The van der Waals surface area contributed by atoms with E-state index in [1.807, 2.05) is 31.2 Å². The Bertz CT molecular complexity index is 1480. The molecular weight excluding hydrogens is 408 g/mol. The van der Waals surface area contributed by atoms with Gasteiger partial charge in [-0.05, 0) is 39.7 Å². The van der Waals surface area contributed by atoms with Crippen molar-refractivity contribution in [3.05, 3.63) is 74.2 Å². The highest BCUT2D eigenvalue weighted by atomic mass is 16.2. The van der Waals surface area contributed by atoms with E-state index in [-0.39, 0.29) is 23.1 Å². The van der Waals surface area contributed by atoms with Gasteiger partial charge in [0.1, 0.15) is 6.04 Å². The first kappa shape index (κ1) is 20.2. The van der Waals surface area contributed by atoms with Crippen molar-refractivity contribution in [3.63, 3.8) is 0 Å². The third-order valence-corrected chi connectivity index (χ3v) is 6.23. The highest BCUT2D eigenvalue weighted by Crippen LogP contribution is 2.33. The first-order valence-electron chi connectivity index (χ1n) is 10.7. The van der Waals surface area contributed by atoms with Gasteiger partial charge in [-0.15, -0.1) is 0 Å². The predicted octanol–water partition coefficient (Wildman–Crippen LogP) is 2.27. The fraction of sp³-hybridized carbons (Fsp3) is 0.348. The number of benzene rings is 1. The molecule has 2 atom stereocenters. The van der Waals surface area contributed by atoms with Crippen molar-refractivity contribution in [3.8, 4) is 0 Å². The van der Waals surface area contributed by atoms with Crippen LogP contribution in [0.25, 0.3) is 16.4 Å². The quantitative estimate of drug-likeness (QED) is 0.535. The van der Waals surface area contributed by atoms with E-state index >= 15 is 0 Å². The highest BCUT2D eigenvalue weighted by molar-refractivity contribution is 5.84. The largest absolute Gasteiger partial charge is 0.332 e. The van der Waals surface area contributed by atoms with Crippen molar-refractivity contribution in [2.45, 2.75) is 45.7 Å². The average Bonchev–Trinajstić information content (AvgIpc) is 3.42. The van der Waals surface area contributed by atoms with Crippen molar-refractivity contribution >= 4 is 22.3 Å². The van der Waals surface area contributed by atoms with Gasteiger partial charge >= 0.3 is 0 Å². The Balaban J connectivity index is 1.51. The second-order valence-electron chi connectivity index (χ2n) is 8.39. The first-order chi connectivity index (χ1) is 15.3. The van der Waals surface area contributed by atoms with Crippen LogP contribution in [0.2, 0.25) is 0 Å². The molecule has 3 aromatic heterocycles. The molecule has 32 heavy (non-hydrogen) atoms. The van der Waals surface area contributed by atoms with Gasteiger partial charge in [-0.1, -0.05) is 18.2 Å². The number of aryl methyl sites for hydroxylation is 2. The molecule has 0 aliphatic carbocycles. The maximum absolute atomic E-state index is 13.5. The molecule has 0 bridgehead atoms. The Morgan fingerprint density at radius 2 is 1.91 bits per heavy atom. The molecule has 2 unspecified atom stereocenters. The zero-order valence-electron chi connectivity index (χ0n) is 18.2. The number of likely N-dealkylation sites (tertiary alicyclic amines) is 1. The third-order valence-electron chi connectivity index (χ3n) is 6.23. The number of carbonyl (C=O) groups is 1. The van der Waals surface area contributed by atoms with Crippen molar-refractivity contribution in [2.24, 2.45) is 0 Å². The lowest BCUT2D eigenvalue weighted by atomic mass is 10.1. The summed E-state index contributed by atoms with van der Waals surface area (Å²) in [7, 11) is 0. The van der Waals surface area contributed by atoms with E-state index < -0.39 is 6.04 Å². The van der Waals surface area contributed by atoms with Crippen LogP contribution in [0.5, 0.6) is 0 Å². The van der Waals surface area contributed by atoms with E-state index in [1.54, 1.807) is 24.8 Å². The number of carbonyl (C=O) groups excluding carboxylic acids is 1. The minimum absolute atomic E-state index is 0.174. The molecule has 1 amide bonds. The van der Waals surface area contributed by atoms with Crippen LogP contribution in [-0.4, -0.2) is 41.7 Å². The van der Waals surface area contributed by atoms with E-state index in [9.17, 15) is 14.4 Å². The molecule has 0 saturated carbocycles. The number of amides is 1. The normalized spacial score (nSPS) is 17.3. The van der Waals surface area contributed by atoms with E-state index in [0.29, 0.717) is 29.0 Å². The molecular formula is C23H24N6O3. The second-order valence-corrected chi connectivity index (χ2v) is 8.39. The Kier molecular flexibility index (Phi) is 4.69. The van der Waals surface area contributed by atoms with Crippen LogP contribution in [0.3, 0.4) is 0 Å². The molecule has 0 radical (unpaired) electrons. The van der Waals surface area contributed by atoms with Crippen molar-refractivity contribution in [1.29, 1.82) is 0 Å². The minimum Gasteiger partial charge on any atom is -0.332 e. The van der Waals surface area contributed by atoms with Crippen LogP contribution in [0, 0.1) is 13.8 Å². The molecule has 164 valence electrons. The van der Waals surface area contributed by atoms with E-state index in [0.717, 1.165) is 23.9 Å². The summed E-state index contributed by atoms with van der Waals surface area (Å²) in [6.07, 6.45) is 1.59. The van der Waals surface area contributed by atoms with Gasteiger partial charge < -0.3 is 4.90 Å². The number of hydrogen-bond donors (Lipinski definition) is 1. The lowest BCUT2D eigenvalue weighted by molar-refractivity contribution is -0.135. The number of nitrogens with one attached hydrogen (secondary N) is 1. The molecule has 5 rings (SSSR count). The standard InChI is InChI=1S/C23H24N6O3/c1-13-11-21(30)29-20(24-13)12-18(26-29)19-9-6-10-27(19)22(31)15(3)28-23(32)17-8-5-4-7-16(17)14(2)25-28/h4-5,7-8,11-12,15,19,26H,6,9-10H2,1-3H3. The summed E-state index contributed by atoms with van der Waals surface area (Å²) < 4.78 is 2.68. The summed E-state index contributed by atoms with van der Waals surface area (Å²) in [6.45, 7) is 5.90. The summed E-state index contributed by atoms with van der Waals surface area (Å²) in [6, 6.07) is 9.61. The van der Waals surface area contributed by atoms with Gasteiger partial charge in [0.15, 0.2) is 5.65 Å². The van der Waals surface area contributed by atoms with Crippen molar-refractivity contribution in [1.82, 2.24) is 29.3 Å². The minimum atomic E-state index is -0.751. The predicted molar refractivity (Wildman–Crippen MR) is 120 cm³/mol. The molecule has 1 saturated heterocycles. The average molecular weight is 432 g/mol. The Labute approximate surface area is 183 Å². The summed E-state index contributed by atoms with van der Waals surface area (Å²) in [4.78, 5) is 45.0. The second kappa shape index (κ2) is 7.44. The molecule has 9 heteroatoms. The van der Waals surface area contributed by atoms with Gasteiger partial charge in [0.2, 0.25) is 5.91 Å². The molecule has 4 heterocycles. The number of hydrogen-bond acceptors (Lipinski definition) is 5. The van der Waals surface area contributed by atoms with Crippen LogP contribution in [0.15, 0.2) is 46.0 Å². The molecule has 1 aliphatic heterocycles. The molecule has 4 aromatic rings. The lowest BCUT2D eigenvalue weighted by Gasteiger charge is -2.27. The molecule has 1 fully saturated rings. The molecule has 1 aliphatic rings. The number of aromatic nitrogens is 5. The number of aromatic amines is 1. The maximum Gasteiger partial charge on any atom is 0.275 e. The van der Waals surface area contributed by atoms with Crippen LogP contribution in [0.1, 0.15) is 48.9 Å². The molecule has 1 aromatic carbocycles. The monoisotopic (exact) mass is 432 g/mol. The highest BCUT2D eigenvalue weighted by Gasteiger charge is 2.35. The lowest BCUT2D eigenvalue weighted by Crippen LogP contribution is -2.40. The fourth-order valence-electron chi connectivity index (χ4n) is 4.63. The van der Waals surface area contributed by atoms with Crippen LogP contribution < -0.4 is 11.1 Å². The van der Waals surface area contributed by atoms with Gasteiger partial charge in [0.25, 0.3) is 11.1 Å². The molecule has 0 spiro atoms. The van der Waals surface area contributed by atoms with Gasteiger partial charge in [-0.25, -0.2) is 14.2 Å². The van der Waals surface area contributed by atoms with Crippen molar-refractivity contribution < 1.29 is 4.79 Å². The Morgan fingerprint density at radius 1 is 1.16 bits per heavy atom. The van der Waals surface area contributed by atoms with Crippen LogP contribution in [0.4, 0.5) is 0 Å². The Hall–Kier alpha value is -3.75. The Morgan fingerprint density at radius 3 is 2.69 bits per heavy atom. The zero-order valence-corrected chi connectivity index (χ0v) is 18.2. The topological polar surface area (TPSA) is 105 Å². The molecule has 9 nitrogen and oxygen atoms in total. The summed E-state index contributed by atoms with van der Waals surface area (Å²) >= 11 is 0. The van der Waals surface area contributed by atoms with Gasteiger partial charge in [-0.2, -0.15) is 5.10 Å². The number of fused-ring (bicyclic) bond motifs is 2. The van der Waals surface area contributed by atoms with E-state index in [4.69, 9.17) is 0 Å². The van der Waals surface area contributed by atoms with Gasteiger partial charge in [0, 0.05) is 29.8 Å². The maximum atomic E-state index is 13.5. The van der Waals surface area contributed by atoms with Crippen molar-refractivity contribution in [2.75, 3.05) is 6.54 Å². The summed E-state index contributed by atoms with van der Waals surface area (Å²) in [5.41, 5.74) is 2.17. The number of nitrogens with zero attached hydrogens (tertiary/aromatic N) is 5. The third kappa shape index (κ3) is 3.12. The zero-order chi connectivity index (χ0) is 22.6. The fourth-order valence-corrected chi connectivity index (χ4v) is 4.63. The number of H-pyrrole nitrogens is 1. The van der Waals surface area contributed by atoms with E-state index in [2.05, 4.69) is 15.2 Å². The summed E-state index contributed by atoms with van der Waals surface area (Å²) in [5.74, 6) is -0.174. The van der Waals surface area contributed by atoms with E-state index in [1.165, 1.54) is 15.3 Å². The number of rotatable bonds is 3. The first-order valence-corrected chi connectivity index (χ1v) is 10.7. The molecule has 1 N–H and O–H groups in total. The van der Waals surface area contributed by atoms with Gasteiger partial charge in [-0.3, -0.25) is 19.5 Å². The SMILES string of the molecule is Cc1cc(=O)n2[nH]c(C3CCCN3C(=O)C(C)n3nc(C)c4ccccc4c3=O)cc2n1. The summed E-state index contributed by atoms with van der Waals surface area (Å²) in [5, 5.41) is 8.89. The van der Waals surface area contributed by atoms with Gasteiger partial charge in [0.05, 0.1) is 22.8 Å². The smallest absolute Gasteiger partial charge is 0.275 e.